The van der Waals surface area contributed by atoms with E-state index in [1.54, 1.807) is 0 Å². The fourth-order valence-electron chi connectivity index (χ4n) is 2.08. The van der Waals surface area contributed by atoms with Gasteiger partial charge in [0.25, 0.3) is 0 Å². The SMILES string of the molecule is CC(C)(C)c1cc(=S)nc(C2CCS(=O)(=O)C2)[nH]1. The Morgan fingerprint density at radius 3 is 2.61 bits per heavy atom. The van der Waals surface area contributed by atoms with E-state index >= 15 is 0 Å². The van der Waals surface area contributed by atoms with Crippen LogP contribution < -0.4 is 0 Å². The number of hydrogen-bond acceptors (Lipinski definition) is 4. The average Bonchev–Trinajstić information content (AvgIpc) is 2.56. The highest BCUT2D eigenvalue weighted by Crippen LogP contribution is 2.28. The topological polar surface area (TPSA) is 62.8 Å². The van der Waals surface area contributed by atoms with Crippen LogP contribution in [-0.2, 0) is 15.3 Å². The molecule has 1 atom stereocenters. The molecule has 0 aromatic carbocycles. The highest BCUT2D eigenvalue weighted by molar-refractivity contribution is 7.91. The maximum Gasteiger partial charge on any atom is 0.151 e. The minimum Gasteiger partial charge on any atom is -0.346 e. The van der Waals surface area contributed by atoms with E-state index in [-0.39, 0.29) is 22.8 Å². The molecule has 1 aromatic rings. The molecule has 0 bridgehead atoms. The van der Waals surface area contributed by atoms with Crippen molar-refractivity contribution in [2.45, 2.75) is 38.5 Å². The van der Waals surface area contributed by atoms with Crippen molar-refractivity contribution in [3.63, 3.8) is 0 Å². The highest BCUT2D eigenvalue weighted by Gasteiger charge is 2.31. The normalized spacial score (nSPS) is 23.2. The molecule has 2 heterocycles. The molecule has 100 valence electrons. The Bertz CT molecular complexity index is 612. The van der Waals surface area contributed by atoms with Gasteiger partial charge < -0.3 is 4.98 Å². The largest absolute Gasteiger partial charge is 0.346 e. The molecule has 18 heavy (non-hydrogen) atoms. The van der Waals surface area contributed by atoms with E-state index in [1.807, 2.05) is 6.07 Å². The Balaban J connectivity index is 2.41. The summed E-state index contributed by atoms with van der Waals surface area (Å²) in [5, 5.41) is 0. The van der Waals surface area contributed by atoms with Crippen molar-refractivity contribution in [2.75, 3.05) is 11.5 Å². The van der Waals surface area contributed by atoms with E-state index in [2.05, 4.69) is 30.7 Å². The maximum absolute atomic E-state index is 11.5. The second-order valence-corrected chi connectivity index (χ2v) is 8.52. The summed E-state index contributed by atoms with van der Waals surface area (Å²) in [5.41, 5.74) is 0.949. The van der Waals surface area contributed by atoms with E-state index in [0.29, 0.717) is 16.9 Å². The molecule has 0 radical (unpaired) electrons. The molecule has 6 heteroatoms. The van der Waals surface area contributed by atoms with Crippen molar-refractivity contribution in [3.05, 3.63) is 22.2 Å². The Morgan fingerprint density at radius 1 is 1.44 bits per heavy atom. The van der Waals surface area contributed by atoms with Gasteiger partial charge in [0, 0.05) is 17.0 Å². The summed E-state index contributed by atoms with van der Waals surface area (Å²) in [6.07, 6.45) is 0.633. The Labute approximate surface area is 113 Å². The van der Waals surface area contributed by atoms with E-state index in [4.69, 9.17) is 12.2 Å². The Hall–Kier alpha value is -0.750. The Kier molecular flexibility index (Phi) is 3.36. The first kappa shape index (κ1) is 13.7. The number of nitrogens with zero attached hydrogens (tertiary/aromatic N) is 1. The predicted octanol–water partition coefficient (Wildman–Crippen LogP) is 2.34. The molecule has 1 fully saturated rings. The number of sulfone groups is 1. The number of nitrogens with one attached hydrogen (secondary N) is 1. The number of H-pyrrole nitrogens is 1. The lowest BCUT2D eigenvalue weighted by atomic mass is 9.92. The van der Waals surface area contributed by atoms with Crippen LogP contribution in [0.3, 0.4) is 0 Å². The molecule has 1 unspecified atom stereocenters. The molecule has 4 nitrogen and oxygen atoms in total. The minimum absolute atomic E-state index is 0.0426. The lowest BCUT2D eigenvalue weighted by Crippen LogP contribution is -2.17. The van der Waals surface area contributed by atoms with Crippen LogP contribution in [0.1, 0.15) is 44.6 Å². The molecule has 0 aliphatic carbocycles. The monoisotopic (exact) mass is 286 g/mol. The Morgan fingerprint density at radius 2 is 2.11 bits per heavy atom. The average molecular weight is 286 g/mol. The van der Waals surface area contributed by atoms with Gasteiger partial charge in [0.15, 0.2) is 9.84 Å². The van der Waals surface area contributed by atoms with Gasteiger partial charge in [-0.2, -0.15) is 0 Å². The lowest BCUT2D eigenvalue weighted by molar-refractivity contribution is 0.555. The fourth-order valence-corrected chi connectivity index (χ4v) is 4.05. The highest BCUT2D eigenvalue weighted by atomic mass is 32.2. The van der Waals surface area contributed by atoms with Crippen molar-refractivity contribution >= 4 is 22.1 Å². The third-order valence-electron chi connectivity index (χ3n) is 3.19. The van der Waals surface area contributed by atoms with Crippen molar-refractivity contribution in [2.24, 2.45) is 0 Å². The van der Waals surface area contributed by atoms with Crippen molar-refractivity contribution in [1.29, 1.82) is 0 Å². The van der Waals surface area contributed by atoms with Gasteiger partial charge in [-0.15, -0.1) is 0 Å². The minimum atomic E-state index is -2.90. The first-order chi connectivity index (χ1) is 8.17. The zero-order valence-electron chi connectivity index (χ0n) is 10.9. The molecule has 1 saturated heterocycles. The van der Waals surface area contributed by atoms with Crippen molar-refractivity contribution < 1.29 is 8.42 Å². The number of rotatable bonds is 1. The van der Waals surface area contributed by atoms with Crippen LogP contribution in [0.4, 0.5) is 0 Å². The van der Waals surface area contributed by atoms with E-state index in [1.165, 1.54) is 0 Å². The molecule has 1 aliphatic rings. The van der Waals surface area contributed by atoms with E-state index in [0.717, 1.165) is 5.69 Å². The number of hydrogen-bond donors (Lipinski definition) is 1. The van der Waals surface area contributed by atoms with Gasteiger partial charge in [-0.25, -0.2) is 13.4 Å². The molecule has 0 saturated carbocycles. The zero-order valence-corrected chi connectivity index (χ0v) is 12.5. The molecule has 0 spiro atoms. The maximum atomic E-state index is 11.5. The van der Waals surface area contributed by atoms with Crippen molar-refractivity contribution in [1.82, 2.24) is 9.97 Å². The van der Waals surface area contributed by atoms with E-state index < -0.39 is 9.84 Å². The lowest BCUT2D eigenvalue weighted by Gasteiger charge is -2.20. The van der Waals surface area contributed by atoms with Crippen LogP contribution in [0.15, 0.2) is 6.07 Å². The van der Waals surface area contributed by atoms with Gasteiger partial charge in [0.2, 0.25) is 0 Å². The molecule has 1 N–H and O–H groups in total. The van der Waals surface area contributed by atoms with Crippen molar-refractivity contribution in [3.8, 4) is 0 Å². The summed E-state index contributed by atoms with van der Waals surface area (Å²) in [7, 11) is -2.90. The van der Waals surface area contributed by atoms with Gasteiger partial charge in [0.05, 0.1) is 11.5 Å². The molecule has 1 aliphatic heterocycles. The summed E-state index contributed by atoms with van der Waals surface area (Å²) in [4.78, 5) is 7.55. The van der Waals surface area contributed by atoms with Crippen LogP contribution >= 0.6 is 12.2 Å². The van der Waals surface area contributed by atoms with Crippen LogP contribution in [-0.4, -0.2) is 29.9 Å². The van der Waals surface area contributed by atoms with Gasteiger partial charge in [0.1, 0.15) is 10.5 Å². The zero-order chi connectivity index (χ0) is 13.6. The number of aromatic nitrogens is 2. The van der Waals surface area contributed by atoms with Crippen LogP contribution in [0.2, 0.25) is 0 Å². The first-order valence-corrected chi connectivity index (χ1v) is 8.22. The van der Waals surface area contributed by atoms with Gasteiger partial charge in [-0.1, -0.05) is 33.0 Å². The predicted molar refractivity (Wildman–Crippen MR) is 74.1 cm³/mol. The number of aromatic amines is 1. The third kappa shape index (κ3) is 2.98. The summed E-state index contributed by atoms with van der Waals surface area (Å²) in [6, 6.07) is 1.85. The molecule has 2 rings (SSSR count). The first-order valence-electron chi connectivity index (χ1n) is 5.99. The van der Waals surface area contributed by atoms with E-state index in [9.17, 15) is 8.42 Å². The van der Waals surface area contributed by atoms with Crippen LogP contribution in [0.5, 0.6) is 0 Å². The second kappa shape index (κ2) is 4.42. The quantitative estimate of drug-likeness (QED) is 0.805. The second-order valence-electron chi connectivity index (χ2n) is 5.87. The molecule has 1 aromatic heterocycles. The summed E-state index contributed by atoms with van der Waals surface area (Å²) >= 11 is 5.17. The summed E-state index contributed by atoms with van der Waals surface area (Å²) in [5.74, 6) is 1.10. The van der Waals surface area contributed by atoms with Gasteiger partial charge >= 0.3 is 0 Å². The summed E-state index contributed by atoms with van der Waals surface area (Å²) in [6.45, 7) is 6.26. The van der Waals surface area contributed by atoms with Crippen LogP contribution in [0, 0.1) is 4.64 Å². The third-order valence-corrected chi connectivity index (χ3v) is 5.17. The standard InChI is InChI=1S/C12H18N2O2S2/c1-12(2,3)9-6-10(17)14-11(13-9)8-4-5-18(15,16)7-8/h6,8H,4-5,7H2,1-3H3,(H,13,14,17). The van der Waals surface area contributed by atoms with Crippen LogP contribution in [0.25, 0.3) is 0 Å². The van der Waals surface area contributed by atoms with Gasteiger partial charge in [-0.05, 0) is 12.5 Å². The molecule has 0 amide bonds. The summed E-state index contributed by atoms with van der Waals surface area (Å²) < 4.78 is 23.6. The molecular formula is C12H18N2O2S2. The molecular weight excluding hydrogens is 268 g/mol. The fraction of sp³-hybridized carbons (Fsp3) is 0.667. The smallest absolute Gasteiger partial charge is 0.151 e. The van der Waals surface area contributed by atoms with Gasteiger partial charge in [-0.3, -0.25) is 0 Å².